The van der Waals surface area contributed by atoms with Crippen LogP contribution < -0.4 is 0 Å². The fraction of sp³-hybridized carbons (Fsp3) is 1.00. The van der Waals surface area contributed by atoms with Gasteiger partial charge in [-0.1, -0.05) is 0 Å². The molecule has 42 valence electrons. The Morgan fingerprint density at radius 1 is 1.71 bits per heavy atom. The lowest BCUT2D eigenvalue weighted by Gasteiger charge is -1.98. The molecular weight excluding hydrogens is 114 g/mol. The van der Waals surface area contributed by atoms with Crippen molar-refractivity contribution < 1.29 is 5.11 Å². The molecular formula is C4H8ClNO. The SMILES string of the molecule is O[C@H]1CCN(Cl)C1. The molecule has 1 aliphatic rings. The van der Waals surface area contributed by atoms with Crippen LogP contribution in [0.15, 0.2) is 0 Å². The standard InChI is InChI=1S/C4H8ClNO/c5-6-2-1-4(7)3-6/h4,7H,1-3H2/t4-/m0/s1. The van der Waals surface area contributed by atoms with Crippen LogP contribution in [0.4, 0.5) is 0 Å². The van der Waals surface area contributed by atoms with Crippen molar-refractivity contribution in [3.63, 3.8) is 0 Å². The second-order valence-electron chi connectivity index (χ2n) is 1.81. The molecule has 0 saturated carbocycles. The van der Waals surface area contributed by atoms with Gasteiger partial charge in [-0.25, -0.2) is 4.42 Å². The lowest BCUT2D eigenvalue weighted by atomic mass is 10.3. The summed E-state index contributed by atoms with van der Waals surface area (Å²) >= 11 is 5.48. The van der Waals surface area contributed by atoms with Crippen LogP contribution in [-0.4, -0.2) is 28.7 Å². The number of aliphatic hydroxyl groups excluding tert-OH is 1. The predicted octanol–water partition coefficient (Wildman–Crippen LogP) is 0.207. The van der Waals surface area contributed by atoms with Gasteiger partial charge in [0.05, 0.1) is 6.10 Å². The third kappa shape index (κ3) is 1.30. The molecule has 1 fully saturated rings. The summed E-state index contributed by atoms with van der Waals surface area (Å²) in [6, 6.07) is 0. The number of halogens is 1. The first kappa shape index (κ1) is 5.35. The van der Waals surface area contributed by atoms with Gasteiger partial charge in [-0.15, -0.1) is 0 Å². The molecule has 1 heterocycles. The molecule has 1 aliphatic heterocycles. The highest BCUT2D eigenvalue weighted by molar-refractivity contribution is 6.13. The average Bonchev–Trinajstić information content (AvgIpc) is 1.87. The van der Waals surface area contributed by atoms with Crippen LogP contribution in [0, 0.1) is 0 Å². The Hall–Kier alpha value is 0.210. The van der Waals surface area contributed by atoms with Gasteiger partial charge in [0.2, 0.25) is 0 Å². The fourth-order valence-corrected chi connectivity index (χ4v) is 0.957. The highest BCUT2D eigenvalue weighted by Gasteiger charge is 2.17. The molecule has 7 heavy (non-hydrogen) atoms. The first-order valence-corrected chi connectivity index (χ1v) is 2.71. The van der Waals surface area contributed by atoms with Crippen LogP contribution in [0.5, 0.6) is 0 Å². The minimum absolute atomic E-state index is 0.183. The highest BCUT2D eigenvalue weighted by atomic mass is 35.5. The minimum atomic E-state index is -0.183. The molecule has 0 aromatic rings. The van der Waals surface area contributed by atoms with Crippen LogP contribution in [0.3, 0.4) is 0 Å². The molecule has 0 aromatic carbocycles. The maximum absolute atomic E-state index is 8.77. The maximum Gasteiger partial charge on any atom is 0.0693 e. The summed E-state index contributed by atoms with van der Waals surface area (Å²) in [4.78, 5) is 0. The summed E-state index contributed by atoms with van der Waals surface area (Å²) in [5.74, 6) is 0. The molecule has 0 aliphatic carbocycles. The lowest BCUT2D eigenvalue weighted by Crippen LogP contribution is -2.10. The molecule has 0 spiro atoms. The van der Waals surface area contributed by atoms with E-state index < -0.39 is 0 Å². The van der Waals surface area contributed by atoms with Crippen LogP contribution in [-0.2, 0) is 0 Å². The molecule has 0 aromatic heterocycles. The van der Waals surface area contributed by atoms with Gasteiger partial charge in [0, 0.05) is 13.1 Å². The van der Waals surface area contributed by atoms with Crippen molar-refractivity contribution in [2.24, 2.45) is 0 Å². The molecule has 0 amide bonds. The van der Waals surface area contributed by atoms with Gasteiger partial charge in [-0.05, 0) is 18.2 Å². The largest absolute Gasteiger partial charge is 0.392 e. The molecule has 1 rings (SSSR count). The van der Waals surface area contributed by atoms with Crippen molar-refractivity contribution in [3.05, 3.63) is 0 Å². The number of hydrogen-bond acceptors (Lipinski definition) is 2. The molecule has 0 bridgehead atoms. The molecule has 0 radical (unpaired) electrons. The molecule has 3 heteroatoms. The van der Waals surface area contributed by atoms with Crippen molar-refractivity contribution in [2.45, 2.75) is 12.5 Å². The van der Waals surface area contributed by atoms with E-state index in [1.807, 2.05) is 0 Å². The molecule has 0 unspecified atom stereocenters. The van der Waals surface area contributed by atoms with Crippen LogP contribution in [0.1, 0.15) is 6.42 Å². The summed E-state index contributed by atoms with van der Waals surface area (Å²) < 4.78 is 1.60. The van der Waals surface area contributed by atoms with Gasteiger partial charge >= 0.3 is 0 Å². The molecule has 1 N–H and O–H groups in total. The number of nitrogens with zero attached hydrogens (tertiary/aromatic N) is 1. The highest BCUT2D eigenvalue weighted by Crippen LogP contribution is 2.09. The van der Waals surface area contributed by atoms with E-state index in [4.69, 9.17) is 16.9 Å². The summed E-state index contributed by atoms with van der Waals surface area (Å²) in [5.41, 5.74) is 0. The number of rotatable bonds is 0. The normalized spacial score (nSPS) is 34.3. The topological polar surface area (TPSA) is 23.5 Å². The molecule has 1 saturated heterocycles. The molecule has 2 nitrogen and oxygen atoms in total. The predicted molar refractivity (Wildman–Crippen MR) is 28.0 cm³/mol. The average molecular weight is 122 g/mol. The fourth-order valence-electron chi connectivity index (χ4n) is 0.700. The number of β-amino-alcohol motifs (C(OH)–C–C–N with tert-alkyl or cyclic N) is 1. The summed E-state index contributed by atoms with van der Waals surface area (Å²) in [6.45, 7) is 1.45. The number of hydrogen-bond donors (Lipinski definition) is 1. The Morgan fingerprint density at radius 2 is 2.43 bits per heavy atom. The quantitative estimate of drug-likeness (QED) is 0.463. The van der Waals surface area contributed by atoms with Gasteiger partial charge in [0.1, 0.15) is 0 Å². The monoisotopic (exact) mass is 121 g/mol. The second-order valence-corrected chi connectivity index (χ2v) is 2.29. The van der Waals surface area contributed by atoms with Gasteiger partial charge in [0.15, 0.2) is 0 Å². The van der Waals surface area contributed by atoms with E-state index in [1.54, 1.807) is 4.42 Å². The maximum atomic E-state index is 8.77. The van der Waals surface area contributed by atoms with Crippen molar-refractivity contribution in [3.8, 4) is 0 Å². The molecule has 1 atom stereocenters. The first-order valence-electron chi connectivity index (χ1n) is 2.38. The number of aliphatic hydroxyl groups is 1. The van der Waals surface area contributed by atoms with E-state index in [-0.39, 0.29) is 6.10 Å². The van der Waals surface area contributed by atoms with Crippen molar-refractivity contribution in [1.82, 2.24) is 4.42 Å². The third-order valence-electron chi connectivity index (χ3n) is 1.11. The van der Waals surface area contributed by atoms with E-state index in [2.05, 4.69) is 0 Å². The van der Waals surface area contributed by atoms with E-state index >= 15 is 0 Å². The Bertz CT molecular complexity index is 60.7. The van der Waals surface area contributed by atoms with E-state index in [9.17, 15) is 0 Å². The minimum Gasteiger partial charge on any atom is -0.392 e. The van der Waals surface area contributed by atoms with Gasteiger partial charge in [0.25, 0.3) is 0 Å². The first-order chi connectivity index (χ1) is 3.29. The van der Waals surface area contributed by atoms with E-state index in [1.165, 1.54) is 0 Å². The summed E-state index contributed by atoms with van der Waals surface area (Å²) in [6.07, 6.45) is 0.640. The summed E-state index contributed by atoms with van der Waals surface area (Å²) in [5, 5.41) is 8.77. The Morgan fingerprint density at radius 3 is 2.57 bits per heavy atom. The van der Waals surface area contributed by atoms with Crippen LogP contribution in [0.25, 0.3) is 0 Å². The zero-order valence-electron chi connectivity index (χ0n) is 3.97. The third-order valence-corrected chi connectivity index (χ3v) is 1.42. The van der Waals surface area contributed by atoms with Crippen molar-refractivity contribution in [2.75, 3.05) is 13.1 Å². The Labute approximate surface area is 47.8 Å². The van der Waals surface area contributed by atoms with E-state index in [0.29, 0.717) is 6.54 Å². The Balaban J connectivity index is 2.26. The van der Waals surface area contributed by atoms with Gasteiger partial charge in [-0.2, -0.15) is 0 Å². The zero-order chi connectivity index (χ0) is 5.28. The summed E-state index contributed by atoms with van der Waals surface area (Å²) in [7, 11) is 0. The Kier molecular flexibility index (Phi) is 1.52. The van der Waals surface area contributed by atoms with Crippen LogP contribution in [0.2, 0.25) is 0 Å². The van der Waals surface area contributed by atoms with Crippen LogP contribution >= 0.6 is 11.8 Å². The smallest absolute Gasteiger partial charge is 0.0693 e. The van der Waals surface area contributed by atoms with Crippen molar-refractivity contribution >= 4 is 11.8 Å². The van der Waals surface area contributed by atoms with Gasteiger partial charge in [-0.3, -0.25) is 0 Å². The second kappa shape index (κ2) is 1.99. The van der Waals surface area contributed by atoms with E-state index in [0.717, 1.165) is 13.0 Å². The van der Waals surface area contributed by atoms with Crippen molar-refractivity contribution in [1.29, 1.82) is 0 Å². The zero-order valence-corrected chi connectivity index (χ0v) is 4.73. The van der Waals surface area contributed by atoms with Gasteiger partial charge < -0.3 is 5.11 Å². The lowest BCUT2D eigenvalue weighted by molar-refractivity contribution is 0.190.